The second-order valence-electron chi connectivity index (χ2n) is 9.94. The maximum atomic E-state index is 13.4. The third kappa shape index (κ3) is 5.01. The van der Waals surface area contributed by atoms with Gasteiger partial charge in [-0.1, -0.05) is 67.8 Å². The van der Waals surface area contributed by atoms with Crippen molar-refractivity contribution in [3.8, 4) is 0 Å². The summed E-state index contributed by atoms with van der Waals surface area (Å²) in [5, 5.41) is 0. The fraction of sp³-hybridized carbons (Fsp3) is 0.355. The number of carbonyl (C=O) groups is 1. The molecule has 3 aromatic carbocycles. The van der Waals surface area contributed by atoms with E-state index in [1.807, 2.05) is 26.0 Å². The maximum absolute atomic E-state index is 13.4. The van der Waals surface area contributed by atoms with Crippen LogP contribution in [-0.2, 0) is 16.0 Å². The first-order valence-corrected chi connectivity index (χ1v) is 13.2. The van der Waals surface area contributed by atoms with Gasteiger partial charge in [-0.15, -0.1) is 0 Å². The van der Waals surface area contributed by atoms with E-state index >= 15 is 0 Å². The lowest BCUT2D eigenvalue weighted by molar-refractivity contribution is -0.135. The van der Waals surface area contributed by atoms with Gasteiger partial charge in [-0.3, -0.25) is 9.69 Å². The molecule has 186 valence electrons. The Morgan fingerprint density at radius 2 is 1.42 bits per heavy atom. The van der Waals surface area contributed by atoms with Crippen molar-refractivity contribution >= 4 is 29.0 Å². The van der Waals surface area contributed by atoms with Gasteiger partial charge in [0.2, 0.25) is 0 Å². The average molecular weight is 482 g/mol. The van der Waals surface area contributed by atoms with Gasteiger partial charge >= 0.3 is 0 Å². The van der Waals surface area contributed by atoms with Crippen LogP contribution in [0.5, 0.6) is 0 Å². The summed E-state index contributed by atoms with van der Waals surface area (Å²) in [6.45, 7) is 4.46. The van der Waals surface area contributed by atoms with Crippen LogP contribution in [0.15, 0.2) is 89.9 Å². The van der Waals surface area contributed by atoms with Gasteiger partial charge in [0.25, 0.3) is 11.9 Å². The lowest BCUT2D eigenvalue weighted by atomic mass is 9.95. The minimum Gasteiger partial charge on any atom is -0.448 e. The summed E-state index contributed by atoms with van der Waals surface area (Å²) >= 11 is 0. The zero-order valence-electron chi connectivity index (χ0n) is 21.3. The highest BCUT2D eigenvalue weighted by Gasteiger charge is 2.48. The molecule has 1 heterocycles. The van der Waals surface area contributed by atoms with Gasteiger partial charge in [0.15, 0.2) is 5.60 Å². The lowest BCUT2D eigenvalue weighted by Crippen LogP contribution is -2.40. The van der Waals surface area contributed by atoms with Crippen LogP contribution >= 0.6 is 0 Å². The number of nitrogens with zero attached hydrogens (tertiary/aromatic N) is 3. The minimum absolute atomic E-state index is 0.00108. The molecule has 2 fully saturated rings. The van der Waals surface area contributed by atoms with Gasteiger partial charge in [-0.05, 0) is 68.7 Å². The van der Waals surface area contributed by atoms with E-state index in [4.69, 9.17) is 9.73 Å². The standard InChI is InChI=1S/C31H35N3O2/c1-3-33-29(35)31(2,36-30(33)32-25-13-7-4-8-14-25)23-24-19-21-28(22-20-24)34(26-15-9-5-10-16-26)27-17-11-6-12-18-27/h5-6,9-12,15-22,25H,3-4,7-8,13-14,23H2,1-2H3. The monoisotopic (exact) mass is 481 g/mol. The molecule has 1 saturated heterocycles. The highest BCUT2D eigenvalue weighted by atomic mass is 16.5. The first-order chi connectivity index (χ1) is 17.6. The van der Waals surface area contributed by atoms with Gasteiger partial charge in [-0.2, -0.15) is 0 Å². The van der Waals surface area contributed by atoms with Gasteiger partial charge in [-0.25, -0.2) is 4.99 Å². The van der Waals surface area contributed by atoms with Crippen LogP contribution in [0.1, 0.15) is 51.5 Å². The van der Waals surface area contributed by atoms with Crippen LogP contribution in [0.4, 0.5) is 17.1 Å². The summed E-state index contributed by atoms with van der Waals surface area (Å²) in [4.78, 5) is 22.2. The largest absolute Gasteiger partial charge is 0.448 e. The van der Waals surface area contributed by atoms with E-state index < -0.39 is 5.60 Å². The van der Waals surface area contributed by atoms with Gasteiger partial charge < -0.3 is 9.64 Å². The molecular formula is C31H35N3O2. The zero-order chi connectivity index (χ0) is 25.0. The van der Waals surface area contributed by atoms with Crippen molar-refractivity contribution < 1.29 is 9.53 Å². The smallest absolute Gasteiger partial charge is 0.295 e. The molecule has 1 amide bonds. The van der Waals surface area contributed by atoms with Crippen LogP contribution in [0, 0.1) is 0 Å². The molecule has 0 aromatic heterocycles. The van der Waals surface area contributed by atoms with Gasteiger partial charge in [0.05, 0.1) is 6.04 Å². The topological polar surface area (TPSA) is 45.1 Å². The van der Waals surface area contributed by atoms with Crippen LogP contribution in [-0.4, -0.2) is 35.0 Å². The molecule has 1 atom stereocenters. The van der Waals surface area contributed by atoms with E-state index in [-0.39, 0.29) is 11.9 Å². The predicted molar refractivity (Wildman–Crippen MR) is 146 cm³/mol. The Kier molecular flexibility index (Phi) is 7.08. The third-order valence-corrected chi connectivity index (χ3v) is 7.19. The number of rotatable bonds is 7. The molecule has 1 aliphatic heterocycles. The summed E-state index contributed by atoms with van der Waals surface area (Å²) in [7, 11) is 0. The average Bonchev–Trinajstić information content (AvgIpc) is 3.15. The summed E-state index contributed by atoms with van der Waals surface area (Å²) in [5.74, 6) is -0.00108. The molecule has 0 N–H and O–H groups in total. The second-order valence-corrected chi connectivity index (χ2v) is 9.94. The normalized spacial score (nSPS) is 21.6. The fourth-order valence-electron chi connectivity index (χ4n) is 5.28. The molecule has 2 aliphatic rings. The predicted octanol–water partition coefficient (Wildman–Crippen LogP) is 7.03. The highest BCUT2D eigenvalue weighted by Crippen LogP contribution is 2.35. The zero-order valence-corrected chi connectivity index (χ0v) is 21.3. The van der Waals surface area contributed by atoms with Crippen molar-refractivity contribution in [2.45, 2.75) is 64.0 Å². The number of ether oxygens (including phenoxy) is 1. The maximum Gasteiger partial charge on any atom is 0.295 e. The Morgan fingerprint density at radius 1 is 0.861 bits per heavy atom. The molecule has 36 heavy (non-hydrogen) atoms. The van der Waals surface area contributed by atoms with Crippen LogP contribution < -0.4 is 4.90 Å². The van der Waals surface area contributed by atoms with Crippen molar-refractivity contribution in [3.63, 3.8) is 0 Å². The van der Waals surface area contributed by atoms with Crippen molar-refractivity contribution in [2.75, 3.05) is 11.4 Å². The first kappa shape index (κ1) is 24.1. The molecule has 5 rings (SSSR count). The minimum atomic E-state index is -0.941. The number of carbonyl (C=O) groups excluding carboxylic acids is 1. The van der Waals surface area contributed by atoms with E-state index in [0.717, 1.165) is 35.5 Å². The van der Waals surface area contributed by atoms with Crippen molar-refractivity contribution in [1.29, 1.82) is 0 Å². The number of benzene rings is 3. The lowest BCUT2D eigenvalue weighted by Gasteiger charge is -2.26. The van der Waals surface area contributed by atoms with E-state index in [1.54, 1.807) is 4.90 Å². The van der Waals surface area contributed by atoms with Crippen LogP contribution in [0.25, 0.3) is 0 Å². The molecule has 1 unspecified atom stereocenters. The third-order valence-electron chi connectivity index (χ3n) is 7.19. The number of anilines is 3. The van der Waals surface area contributed by atoms with E-state index in [9.17, 15) is 4.79 Å². The van der Waals surface area contributed by atoms with Crippen LogP contribution in [0.3, 0.4) is 0 Å². The summed E-state index contributed by atoms with van der Waals surface area (Å²) in [5.41, 5.74) is 3.38. The molecule has 1 aliphatic carbocycles. The Bertz CT molecular complexity index is 1150. The highest BCUT2D eigenvalue weighted by molar-refractivity contribution is 6.04. The fourth-order valence-corrected chi connectivity index (χ4v) is 5.28. The summed E-state index contributed by atoms with van der Waals surface area (Å²) in [6, 6.07) is 29.9. The van der Waals surface area contributed by atoms with E-state index in [1.165, 1.54) is 19.3 Å². The molecule has 5 heteroatoms. The Hall–Kier alpha value is -3.60. The number of para-hydroxylation sites is 2. The Balaban J connectivity index is 1.38. The molecule has 3 aromatic rings. The molecule has 5 nitrogen and oxygen atoms in total. The van der Waals surface area contributed by atoms with Crippen molar-refractivity contribution in [1.82, 2.24) is 4.90 Å². The van der Waals surface area contributed by atoms with Gasteiger partial charge in [0, 0.05) is 30.0 Å². The first-order valence-electron chi connectivity index (χ1n) is 13.2. The number of amides is 1. The number of hydrogen-bond acceptors (Lipinski definition) is 4. The molecule has 0 bridgehead atoms. The Labute approximate surface area is 214 Å². The molecule has 0 radical (unpaired) electrons. The van der Waals surface area contributed by atoms with E-state index in [0.29, 0.717) is 19.0 Å². The Morgan fingerprint density at radius 3 is 1.97 bits per heavy atom. The summed E-state index contributed by atoms with van der Waals surface area (Å²) < 4.78 is 6.30. The number of amidine groups is 1. The number of hydrogen-bond donors (Lipinski definition) is 0. The number of likely N-dealkylation sites (N-methyl/N-ethyl adjacent to an activating group) is 1. The molecule has 1 saturated carbocycles. The number of aliphatic imine (C=N–C) groups is 1. The van der Waals surface area contributed by atoms with E-state index in [2.05, 4.69) is 77.7 Å². The van der Waals surface area contributed by atoms with Crippen molar-refractivity contribution in [2.24, 2.45) is 4.99 Å². The van der Waals surface area contributed by atoms with Crippen LogP contribution in [0.2, 0.25) is 0 Å². The quantitative estimate of drug-likeness (QED) is 0.364. The second kappa shape index (κ2) is 10.6. The van der Waals surface area contributed by atoms with Gasteiger partial charge in [0.1, 0.15) is 0 Å². The summed E-state index contributed by atoms with van der Waals surface area (Å²) in [6.07, 6.45) is 6.34. The van der Waals surface area contributed by atoms with Crippen molar-refractivity contribution in [3.05, 3.63) is 90.5 Å². The molecular weight excluding hydrogens is 446 g/mol. The molecule has 0 spiro atoms. The SMILES string of the molecule is CCN1C(=O)C(C)(Cc2ccc(N(c3ccccc3)c3ccccc3)cc2)OC1=NC1CCCCC1.